The lowest BCUT2D eigenvalue weighted by molar-refractivity contribution is 0.109. The fourth-order valence-corrected chi connectivity index (χ4v) is 3.72. The summed E-state index contributed by atoms with van der Waals surface area (Å²) in [6, 6.07) is 18.4. The van der Waals surface area contributed by atoms with Crippen LogP contribution in [-0.4, -0.2) is 36.2 Å². The normalized spacial score (nSPS) is 17.0. The Morgan fingerprint density at radius 2 is 1.59 bits per heavy atom. The highest BCUT2D eigenvalue weighted by Gasteiger charge is 2.26. The first-order chi connectivity index (χ1) is 12.8. The summed E-state index contributed by atoms with van der Waals surface area (Å²) in [6.07, 6.45) is 4.34. The highest BCUT2D eigenvalue weighted by molar-refractivity contribution is 5.85. The molecule has 2 aromatic rings. The lowest BCUT2D eigenvalue weighted by Crippen LogP contribution is -2.35. The van der Waals surface area contributed by atoms with E-state index in [1.54, 1.807) is 0 Å². The van der Waals surface area contributed by atoms with Crippen LogP contribution >= 0.6 is 12.4 Å². The van der Waals surface area contributed by atoms with Crippen molar-refractivity contribution in [2.45, 2.75) is 44.6 Å². The van der Waals surface area contributed by atoms with Crippen LogP contribution in [0.15, 0.2) is 54.6 Å². The number of ether oxygens (including phenoxy) is 1. The fourth-order valence-electron chi connectivity index (χ4n) is 3.72. The molecule has 1 heterocycles. The number of aliphatic hydroxyl groups is 1. The van der Waals surface area contributed by atoms with E-state index >= 15 is 0 Å². The van der Waals surface area contributed by atoms with Crippen molar-refractivity contribution in [3.8, 4) is 5.75 Å². The zero-order chi connectivity index (χ0) is 18.2. The molecule has 0 amide bonds. The van der Waals surface area contributed by atoms with Gasteiger partial charge in [-0.15, -0.1) is 12.4 Å². The molecule has 4 heteroatoms. The zero-order valence-electron chi connectivity index (χ0n) is 16.2. The number of benzene rings is 2. The van der Waals surface area contributed by atoms with Crippen molar-refractivity contribution >= 4 is 12.4 Å². The van der Waals surface area contributed by atoms with Crippen molar-refractivity contribution in [2.75, 3.05) is 26.2 Å². The maximum Gasteiger partial charge on any atom is 0.119 e. The SMILES string of the molecule is CCCOc1ccc(C(O)C(CN2CCCCC2)c2ccccc2)cc1.Cl. The zero-order valence-corrected chi connectivity index (χ0v) is 17.0. The molecular formula is C23H32ClNO2. The standard InChI is InChI=1S/C23H31NO2.ClH/c1-2-17-26-21-13-11-20(12-14-21)23(25)22(19-9-5-3-6-10-19)18-24-15-7-4-8-16-24;/h3,5-6,9-14,22-23,25H,2,4,7-8,15-18H2,1H3;1H. The van der Waals surface area contributed by atoms with E-state index in [0.717, 1.165) is 44.0 Å². The molecule has 1 N–H and O–H groups in total. The van der Waals surface area contributed by atoms with Crippen LogP contribution < -0.4 is 4.74 Å². The molecule has 1 aliphatic heterocycles. The molecule has 0 aromatic heterocycles. The van der Waals surface area contributed by atoms with E-state index in [1.807, 2.05) is 30.3 Å². The van der Waals surface area contributed by atoms with Gasteiger partial charge in [-0.25, -0.2) is 0 Å². The van der Waals surface area contributed by atoms with E-state index in [4.69, 9.17) is 4.74 Å². The average molecular weight is 390 g/mol. The smallest absolute Gasteiger partial charge is 0.119 e. The summed E-state index contributed by atoms with van der Waals surface area (Å²) in [5.41, 5.74) is 2.16. The van der Waals surface area contributed by atoms with Crippen LogP contribution in [0.2, 0.25) is 0 Å². The highest BCUT2D eigenvalue weighted by atomic mass is 35.5. The first-order valence-electron chi connectivity index (χ1n) is 9.96. The van der Waals surface area contributed by atoms with Crippen molar-refractivity contribution in [1.82, 2.24) is 4.90 Å². The Balaban J connectivity index is 0.00000261. The summed E-state index contributed by atoms with van der Waals surface area (Å²) in [5, 5.41) is 11.2. The molecule has 0 spiro atoms. The highest BCUT2D eigenvalue weighted by Crippen LogP contribution is 2.33. The molecule has 148 valence electrons. The van der Waals surface area contributed by atoms with Crippen LogP contribution in [0.1, 0.15) is 55.8 Å². The third-order valence-corrected chi connectivity index (χ3v) is 5.21. The average Bonchev–Trinajstić information content (AvgIpc) is 2.72. The minimum atomic E-state index is -0.514. The van der Waals surface area contributed by atoms with E-state index in [9.17, 15) is 5.11 Å². The van der Waals surface area contributed by atoms with E-state index in [2.05, 4.69) is 36.1 Å². The van der Waals surface area contributed by atoms with Crippen molar-refractivity contribution < 1.29 is 9.84 Å². The number of nitrogens with zero attached hydrogens (tertiary/aromatic N) is 1. The summed E-state index contributed by atoms with van der Waals surface area (Å²) in [4.78, 5) is 2.50. The second-order valence-corrected chi connectivity index (χ2v) is 7.24. The Morgan fingerprint density at radius 1 is 0.926 bits per heavy atom. The third kappa shape index (κ3) is 6.24. The summed E-state index contributed by atoms with van der Waals surface area (Å²) < 4.78 is 5.67. The lowest BCUT2D eigenvalue weighted by atomic mass is 9.88. The van der Waals surface area contributed by atoms with Crippen LogP contribution in [0.5, 0.6) is 5.75 Å². The molecule has 3 nitrogen and oxygen atoms in total. The van der Waals surface area contributed by atoms with Gasteiger partial charge in [-0.3, -0.25) is 0 Å². The summed E-state index contributed by atoms with van der Waals surface area (Å²) >= 11 is 0. The largest absolute Gasteiger partial charge is 0.494 e. The van der Waals surface area contributed by atoms with Gasteiger partial charge in [0, 0.05) is 12.5 Å². The molecule has 0 aliphatic carbocycles. The second kappa shape index (κ2) is 11.3. The monoisotopic (exact) mass is 389 g/mol. The van der Waals surface area contributed by atoms with Crippen molar-refractivity contribution in [2.24, 2.45) is 0 Å². The first-order valence-corrected chi connectivity index (χ1v) is 9.96. The van der Waals surface area contributed by atoms with Crippen LogP contribution in [0.25, 0.3) is 0 Å². The Morgan fingerprint density at radius 3 is 2.22 bits per heavy atom. The number of likely N-dealkylation sites (tertiary alicyclic amines) is 1. The Kier molecular flexibility index (Phi) is 9.12. The molecule has 1 fully saturated rings. The third-order valence-electron chi connectivity index (χ3n) is 5.21. The van der Waals surface area contributed by atoms with Gasteiger partial charge in [-0.05, 0) is 55.6 Å². The Hall–Kier alpha value is -1.55. The predicted molar refractivity (Wildman–Crippen MR) is 114 cm³/mol. The molecule has 1 aliphatic rings. The van der Waals surface area contributed by atoms with Crippen molar-refractivity contribution in [3.05, 3.63) is 65.7 Å². The van der Waals surface area contributed by atoms with E-state index < -0.39 is 6.10 Å². The molecule has 3 rings (SSSR count). The number of hydrogen-bond donors (Lipinski definition) is 1. The second-order valence-electron chi connectivity index (χ2n) is 7.24. The van der Waals surface area contributed by atoms with E-state index in [-0.39, 0.29) is 18.3 Å². The lowest BCUT2D eigenvalue weighted by Gasteiger charge is -2.33. The van der Waals surface area contributed by atoms with Gasteiger partial charge in [0.15, 0.2) is 0 Å². The fraction of sp³-hybridized carbons (Fsp3) is 0.478. The van der Waals surface area contributed by atoms with Gasteiger partial charge in [0.2, 0.25) is 0 Å². The summed E-state index contributed by atoms with van der Waals surface area (Å²) in [5.74, 6) is 0.951. The number of piperidine rings is 1. The Labute approximate surface area is 169 Å². The van der Waals surface area contributed by atoms with Gasteiger partial charge in [-0.1, -0.05) is 55.8 Å². The number of aliphatic hydroxyl groups excluding tert-OH is 1. The molecule has 0 radical (unpaired) electrons. The molecule has 2 aromatic carbocycles. The maximum absolute atomic E-state index is 11.2. The summed E-state index contributed by atoms with van der Waals surface area (Å²) in [6.45, 7) is 6.01. The molecule has 2 unspecified atom stereocenters. The van der Waals surface area contributed by atoms with Gasteiger partial charge < -0.3 is 14.7 Å². The van der Waals surface area contributed by atoms with Gasteiger partial charge >= 0.3 is 0 Å². The van der Waals surface area contributed by atoms with Gasteiger partial charge in [0.25, 0.3) is 0 Å². The van der Waals surface area contributed by atoms with Crippen molar-refractivity contribution in [3.63, 3.8) is 0 Å². The number of rotatable bonds is 8. The van der Waals surface area contributed by atoms with Gasteiger partial charge in [0.1, 0.15) is 5.75 Å². The van der Waals surface area contributed by atoms with Crippen LogP contribution in [0.4, 0.5) is 0 Å². The van der Waals surface area contributed by atoms with E-state index in [1.165, 1.54) is 24.8 Å². The number of hydrogen-bond acceptors (Lipinski definition) is 3. The van der Waals surface area contributed by atoms with Gasteiger partial charge in [0.05, 0.1) is 12.7 Å². The predicted octanol–water partition coefficient (Wildman–Crippen LogP) is 5.20. The van der Waals surface area contributed by atoms with Gasteiger partial charge in [-0.2, -0.15) is 0 Å². The van der Waals surface area contributed by atoms with Crippen molar-refractivity contribution in [1.29, 1.82) is 0 Å². The molecule has 2 atom stereocenters. The minimum absolute atomic E-state index is 0. The Bertz CT molecular complexity index is 641. The van der Waals surface area contributed by atoms with Crippen LogP contribution in [0, 0.1) is 0 Å². The molecule has 0 saturated carbocycles. The topological polar surface area (TPSA) is 32.7 Å². The number of halogens is 1. The quantitative estimate of drug-likeness (QED) is 0.673. The van der Waals surface area contributed by atoms with E-state index in [0.29, 0.717) is 0 Å². The summed E-state index contributed by atoms with van der Waals surface area (Å²) in [7, 11) is 0. The maximum atomic E-state index is 11.2. The molecule has 1 saturated heterocycles. The first kappa shape index (κ1) is 21.7. The van der Waals surface area contributed by atoms with Crippen LogP contribution in [0.3, 0.4) is 0 Å². The minimum Gasteiger partial charge on any atom is -0.494 e. The molecule has 27 heavy (non-hydrogen) atoms. The molecule has 0 bridgehead atoms. The molecular weight excluding hydrogens is 358 g/mol. The van der Waals surface area contributed by atoms with Crippen LogP contribution in [-0.2, 0) is 0 Å².